The molecule has 28 heavy (non-hydrogen) atoms. The van der Waals surface area contributed by atoms with Gasteiger partial charge in [0.25, 0.3) is 0 Å². The third-order valence-electron chi connectivity index (χ3n) is 6.21. The Morgan fingerprint density at radius 1 is 1.25 bits per heavy atom. The van der Waals surface area contributed by atoms with Gasteiger partial charge in [-0.15, -0.1) is 0 Å². The minimum absolute atomic E-state index is 0.0543. The topological polar surface area (TPSA) is 60.6 Å². The molecule has 3 atom stereocenters. The highest BCUT2D eigenvalue weighted by Crippen LogP contribution is 2.39. The van der Waals surface area contributed by atoms with Gasteiger partial charge in [-0.2, -0.15) is 0 Å². The molecule has 0 amide bonds. The monoisotopic (exact) mass is 385 g/mol. The third kappa shape index (κ3) is 4.35. The van der Waals surface area contributed by atoms with Crippen molar-refractivity contribution in [2.45, 2.75) is 57.5 Å². The average molecular weight is 386 g/mol. The Morgan fingerprint density at radius 3 is 2.96 bits per heavy atom. The van der Waals surface area contributed by atoms with E-state index in [0.717, 1.165) is 56.8 Å². The molecule has 1 aromatic rings. The van der Waals surface area contributed by atoms with E-state index >= 15 is 0 Å². The number of hydrogen-bond acceptors (Lipinski definition) is 6. The normalized spacial score (nSPS) is 28.2. The van der Waals surface area contributed by atoms with E-state index in [9.17, 15) is 0 Å². The van der Waals surface area contributed by atoms with Gasteiger partial charge in [0, 0.05) is 35.8 Å². The minimum atomic E-state index is 0.0543. The van der Waals surface area contributed by atoms with Gasteiger partial charge in [-0.05, 0) is 64.0 Å². The maximum atomic E-state index is 6.04. The molecule has 0 aromatic heterocycles. The van der Waals surface area contributed by atoms with Crippen molar-refractivity contribution in [3.8, 4) is 5.75 Å². The van der Waals surface area contributed by atoms with Crippen LogP contribution in [0.3, 0.4) is 0 Å². The number of fused-ring (bicyclic) bond motifs is 1. The van der Waals surface area contributed by atoms with Crippen LogP contribution < -0.4 is 26.0 Å². The van der Waals surface area contributed by atoms with Crippen LogP contribution in [0.2, 0.25) is 0 Å². The summed E-state index contributed by atoms with van der Waals surface area (Å²) in [6.07, 6.45) is 8.28. The first-order valence-electron chi connectivity index (χ1n) is 10.8. The molecule has 1 aromatic carbocycles. The van der Waals surface area contributed by atoms with Gasteiger partial charge in [0.15, 0.2) is 0 Å². The van der Waals surface area contributed by atoms with Crippen molar-refractivity contribution in [1.82, 2.24) is 20.9 Å². The number of benzene rings is 1. The number of likely N-dealkylation sites (N-methyl/N-ethyl adjacent to an activating group) is 1. The fourth-order valence-corrected chi connectivity index (χ4v) is 4.51. The van der Waals surface area contributed by atoms with Crippen LogP contribution in [0.4, 0.5) is 5.69 Å². The first-order valence-corrected chi connectivity index (χ1v) is 10.8. The van der Waals surface area contributed by atoms with Crippen molar-refractivity contribution in [1.29, 1.82) is 0 Å². The molecule has 0 aliphatic carbocycles. The van der Waals surface area contributed by atoms with E-state index in [1.165, 1.54) is 23.1 Å². The average Bonchev–Trinajstić information content (AvgIpc) is 3.07. The van der Waals surface area contributed by atoms with Gasteiger partial charge in [0.1, 0.15) is 12.0 Å². The van der Waals surface area contributed by atoms with Crippen LogP contribution in [0.25, 0.3) is 5.57 Å². The molecular weight excluding hydrogens is 350 g/mol. The van der Waals surface area contributed by atoms with Crippen LogP contribution in [-0.2, 0) is 6.42 Å². The Bertz CT molecular complexity index is 707. The van der Waals surface area contributed by atoms with Crippen LogP contribution in [0.5, 0.6) is 5.75 Å². The van der Waals surface area contributed by atoms with Gasteiger partial charge in [0.05, 0.1) is 12.8 Å². The van der Waals surface area contributed by atoms with Crippen molar-refractivity contribution < 1.29 is 4.74 Å². The van der Waals surface area contributed by atoms with Crippen LogP contribution in [-0.4, -0.2) is 57.2 Å². The Balaban J connectivity index is 1.58. The molecule has 3 unspecified atom stereocenters. The Hall–Kier alpha value is -1.60. The zero-order valence-corrected chi connectivity index (χ0v) is 17.5. The summed E-state index contributed by atoms with van der Waals surface area (Å²) >= 11 is 0. The highest BCUT2D eigenvalue weighted by atomic mass is 16.5. The summed E-state index contributed by atoms with van der Waals surface area (Å²) < 4.78 is 6.04. The summed E-state index contributed by atoms with van der Waals surface area (Å²) in [5.74, 6) is 1.10. The molecule has 3 aliphatic rings. The fraction of sp³-hybridized carbons (Fsp3) is 0.636. The lowest BCUT2D eigenvalue weighted by molar-refractivity contribution is 0.235. The second-order valence-electron chi connectivity index (χ2n) is 8.30. The molecular formula is C22H35N5O. The molecule has 4 rings (SSSR count). The van der Waals surface area contributed by atoms with Crippen LogP contribution in [0.15, 0.2) is 18.2 Å². The van der Waals surface area contributed by atoms with Crippen LogP contribution in [0, 0.1) is 0 Å². The Morgan fingerprint density at radius 2 is 2.14 bits per heavy atom. The quantitative estimate of drug-likeness (QED) is 0.624. The molecule has 154 valence electrons. The molecule has 0 spiro atoms. The first-order chi connectivity index (χ1) is 13.7. The highest BCUT2D eigenvalue weighted by molar-refractivity contribution is 5.76. The van der Waals surface area contributed by atoms with Crippen LogP contribution >= 0.6 is 0 Å². The number of ether oxygens (including phenoxy) is 1. The summed E-state index contributed by atoms with van der Waals surface area (Å²) in [6, 6.07) is 5.06. The molecule has 0 bridgehead atoms. The number of hydrogen-bond donors (Lipinski definition) is 4. The summed E-state index contributed by atoms with van der Waals surface area (Å²) in [5, 5.41) is 14.4. The summed E-state index contributed by atoms with van der Waals surface area (Å²) in [4.78, 5) is 2.38. The van der Waals surface area contributed by atoms with Gasteiger partial charge < -0.3 is 20.3 Å². The minimum Gasteiger partial charge on any atom is -0.492 e. The number of nitrogens with zero attached hydrogens (tertiary/aromatic N) is 1. The SMILES string of the molecule is CCC1CC(NC)NC(Nc2cc3c(c(C4=CCN(C)CCC4)c2)OCC3)N1. The fourth-order valence-electron chi connectivity index (χ4n) is 4.51. The van der Waals surface area contributed by atoms with Gasteiger partial charge in [-0.1, -0.05) is 13.0 Å². The maximum Gasteiger partial charge on any atom is 0.133 e. The van der Waals surface area contributed by atoms with E-state index in [2.05, 4.69) is 58.3 Å². The maximum absolute atomic E-state index is 6.04. The number of allylic oxidation sites excluding steroid dienone is 1. The van der Waals surface area contributed by atoms with E-state index in [1.54, 1.807) is 0 Å². The summed E-state index contributed by atoms with van der Waals surface area (Å²) in [7, 11) is 4.22. The van der Waals surface area contributed by atoms with Gasteiger partial charge in [-0.25, -0.2) is 0 Å². The van der Waals surface area contributed by atoms with E-state index in [1.807, 2.05) is 7.05 Å². The lowest BCUT2D eigenvalue weighted by atomic mass is 9.96. The summed E-state index contributed by atoms with van der Waals surface area (Å²) in [5.41, 5.74) is 5.19. The van der Waals surface area contributed by atoms with Crippen molar-refractivity contribution in [3.05, 3.63) is 29.3 Å². The Labute approximate surface area is 169 Å². The number of nitrogens with one attached hydrogen (secondary N) is 4. The van der Waals surface area contributed by atoms with Crippen molar-refractivity contribution in [2.24, 2.45) is 0 Å². The van der Waals surface area contributed by atoms with Crippen molar-refractivity contribution >= 4 is 11.3 Å². The molecule has 4 N–H and O–H groups in total. The second-order valence-corrected chi connectivity index (χ2v) is 8.30. The predicted octanol–water partition coefficient (Wildman–Crippen LogP) is 2.33. The summed E-state index contributed by atoms with van der Waals surface area (Å²) in [6.45, 7) is 5.20. The van der Waals surface area contributed by atoms with Crippen molar-refractivity contribution in [3.63, 3.8) is 0 Å². The first kappa shape index (κ1) is 19.7. The standard InChI is InChI=1S/C22H35N5O/c1-4-17-14-20(23-2)26-22(24-17)25-18-12-16-8-11-28-21(16)19(13-18)15-6-5-9-27(3)10-7-15/h7,12-13,17,20,22-26H,4-6,8-11,14H2,1-3H3. The number of rotatable bonds is 5. The molecule has 6 heteroatoms. The van der Waals surface area contributed by atoms with E-state index in [-0.39, 0.29) is 6.29 Å². The largest absolute Gasteiger partial charge is 0.492 e. The zero-order valence-electron chi connectivity index (χ0n) is 17.5. The lowest BCUT2D eigenvalue weighted by Crippen LogP contribution is -2.64. The molecule has 3 aliphatic heterocycles. The lowest BCUT2D eigenvalue weighted by Gasteiger charge is -2.38. The van der Waals surface area contributed by atoms with Gasteiger partial charge in [0.2, 0.25) is 0 Å². The van der Waals surface area contributed by atoms with E-state index in [0.29, 0.717) is 12.2 Å². The zero-order chi connectivity index (χ0) is 19.5. The van der Waals surface area contributed by atoms with Crippen molar-refractivity contribution in [2.75, 3.05) is 39.1 Å². The third-order valence-corrected chi connectivity index (χ3v) is 6.21. The van der Waals surface area contributed by atoms with E-state index < -0.39 is 0 Å². The highest BCUT2D eigenvalue weighted by Gasteiger charge is 2.27. The smallest absolute Gasteiger partial charge is 0.133 e. The molecule has 6 nitrogen and oxygen atoms in total. The van der Waals surface area contributed by atoms with Gasteiger partial charge >= 0.3 is 0 Å². The van der Waals surface area contributed by atoms with Gasteiger partial charge in [-0.3, -0.25) is 10.6 Å². The van der Waals surface area contributed by atoms with E-state index in [4.69, 9.17) is 4.74 Å². The molecule has 0 radical (unpaired) electrons. The molecule has 1 fully saturated rings. The van der Waals surface area contributed by atoms with Crippen LogP contribution in [0.1, 0.15) is 43.7 Å². The Kier molecular flexibility index (Phi) is 6.21. The molecule has 0 saturated carbocycles. The second kappa shape index (κ2) is 8.82. The molecule has 1 saturated heterocycles. The molecule has 3 heterocycles. The number of anilines is 1. The predicted molar refractivity (Wildman–Crippen MR) is 116 cm³/mol.